The van der Waals surface area contributed by atoms with Gasteiger partial charge in [-0.3, -0.25) is 4.99 Å². The van der Waals surface area contributed by atoms with Crippen molar-refractivity contribution < 1.29 is 14.2 Å². The Morgan fingerprint density at radius 3 is 2.67 bits per heavy atom. The van der Waals surface area contributed by atoms with E-state index in [1.54, 1.807) is 7.11 Å². The number of hydrogen-bond donors (Lipinski definition) is 2. The van der Waals surface area contributed by atoms with Crippen LogP contribution in [0.3, 0.4) is 0 Å². The van der Waals surface area contributed by atoms with Crippen LogP contribution in [-0.2, 0) is 9.47 Å². The highest BCUT2D eigenvalue weighted by Crippen LogP contribution is 2.31. The Labute approximate surface area is 182 Å². The first-order chi connectivity index (χ1) is 14.8. The summed E-state index contributed by atoms with van der Waals surface area (Å²) in [6, 6.07) is 8.23. The molecule has 0 bridgehead atoms. The van der Waals surface area contributed by atoms with Gasteiger partial charge in [0.1, 0.15) is 5.75 Å². The van der Waals surface area contributed by atoms with Crippen molar-refractivity contribution in [2.75, 3.05) is 71.2 Å². The van der Waals surface area contributed by atoms with E-state index in [2.05, 4.69) is 41.5 Å². The van der Waals surface area contributed by atoms with E-state index in [0.717, 1.165) is 70.3 Å². The quantitative estimate of drug-likeness (QED) is 0.274. The maximum absolute atomic E-state index is 5.62. The molecular weight excluding hydrogens is 380 g/mol. The molecule has 2 rings (SSSR count). The highest BCUT2D eigenvalue weighted by molar-refractivity contribution is 5.79. The molecule has 1 atom stereocenters. The Morgan fingerprint density at radius 2 is 1.90 bits per heavy atom. The van der Waals surface area contributed by atoms with Gasteiger partial charge >= 0.3 is 0 Å². The van der Waals surface area contributed by atoms with Gasteiger partial charge in [-0.05, 0) is 37.8 Å². The predicted molar refractivity (Wildman–Crippen MR) is 124 cm³/mol. The van der Waals surface area contributed by atoms with Gasteiger partial charge in [0.2, 0.25) is 0 Å². The van der Waals surface area contributed by atoms with Crippen LogP contribution < -0.4 is 20.3 Å². The van der Waals surface area contributed by atoms with E-state index in [-0.39, 0.29) is 0 Å². The summed E-state index contributed by atoms with van der Waals surface area (Å²) in [6.07, 6.45) is 3.42. The van der Waals surface area contributed by atoms with Crippen LogP contribution in [0.5, 0.6) is 5.75 Å². The first-order valence-electron chi connectivity index (χ1n) is 11.3. The van der Waals surface area contributed by atoms with E-state index in [1.807, 2.05) is 12.1 Å². The number of aliphatic imine (C=N–C) groups is 1. The van der Waals surface area contributed by atoms with E-state index >= 15 is 0 Å². The van der Waals surface area contributed by atoms with Crippen LogP contribution in [0.4, 0.5) is 5.69 Å². The van der Waals surface area contributed by atoms with Crippen molar-refractivity contribution in [3.05, 3.63) is 24.3 Å². The topological polar surface area (TPSA) is 67.4 Å². The summed E-state index contributed by atoms with van der Waals surface area (Å²) in [7, 11) is 1.73. The number of methoxy groups -OCH3 is 1. The Hall–Kier alpha value is -1.99. The van der Waals surface area contributed by atoms with Gasteiger partial charge in [0.05, 0.1) is 32.6 Å². The number of nitrogens with one attached hydrogen (secondary N) is 2. The Balaban J connectivity index is 1.68. The van der Waals surface area contributed by atoms with Crippen LogP contribution in [-0.4, -0.2) is 72.2 Å². The normalized spacial score (nSPS) is 16.7. The molecule has 1 unspecified atom stereocenters. The number of anilines is 1. The molecule has 1 aromatic carbocycles. The Morgan fingerprint density at radius 1 is 1.10 bits per heavy atom. The lowest BCUT2D eigenvalue weighted by Gasteiger charge is -2.21. The molecule has 30 heavy (non-hydrogen) atoms. The molecule has 1 aromatic rings. The molecule has 0 aromatic heterocycles. The molecule has 1 aliphatic rings. The SMILES string of the molecule is CCCCOCCOCCNC(=NCC1CCN(c2ccccc2OC)C1)NCC. The van der Waals surface area contributed by atoms with Crippen molar-refractivity contribution in [3.8, 4) is 5.75 Å². The third-order valence-corrected chi connectivity index (χ3v) is 5.12. The van der Waals surface area contributed by atoms with Crippen LogP contribution >= 0.6 is 0 Å². The zero-order valence-corrected chi connectivity index (χ0v) is 19.0. The first kappa shape index (κ1) is 24.3. The van der Waals surface area contributed by atoms with Gasteiger partial charge in [-0.2, -0.15) is 0 Å². The van der Waals surface area contributed by atoms with Crippen molar-refractivity contribution in [3.63, 3.8) is 0 Å². The fourth-order valence-corrected chi connectivity index (χ4v) is 3.46. The minimum absolute atomic E-state index is 0.543. The van der Waals surface area contributed by atoms with Crippen molar-refractivity contribution in [1.82, 2.24) is 10.6 Å². The van der Waals surface area contributed by atoms with Crippen molar-refractivity contribution in [1.29, 1.82) is 0 Å². The van der Waals surface area contributed by atoms with Crippen molar-refractivity contribution >= 4 is 11.6 Å². The number of nitrogens with zero attached hydrogens (tertiary/aromatic N) is 2. The van der Waals surface area contributed by atoms with Gasteiger partial charge < -0.3 is 29.7 Å². The summed E-state index contributed by atoms with van der Waals surface area (Å²) in [4.78, 5) is 7.19. The molecule has 170 valence electrons. The van der Waals surface area contributed by atoms with Gasteiger partial charge in [-0.1, -0.05) is 25.5 Å². The third-order valence-electron chi connectivity index (χ3n) is 5.12. The number of benzene rings is 1. The number of hydrogen-bond acceptors (Lipinski definition) is 5. The van der Waals surface area contributed by atoms with Gasteiger partial charge in [0.25, 0.3) is 0 Å². The molecule has 1 saturated heterocycles. The highest BCUT2D eigenvalue weighted by atomic mass is 16.5. The molecule has 1 aliphatic heterocycles. The standard InChI is InChI=1S/C23H40N4O3/c1-4-6-14-29-16-17-30-15-12-25-23(24-5-2)26-18-20-11-13-27(19-20)21-9-7-8-10-22(21)28-3/h7-10,20H,4-6,11-19H2,1-3H3,(H2,24,25,26). The van der Waals surface area contributed by atoms with Gasteiger partial charge in [-0.25, -0.2) is 0 Å². The molecule has 0 radical (unpaired) electrons. The first-order valence-corrected chi connectivity index (χ1v) is 11.3. The zero-order valence-electron chi connectivity index (χ0n) is 19.0. The second-order valence-corrected chi connectivity index (χ2v) is 7.50. The lowest BCUT2D eigenvalue weighted by molar-refractivity contribution is 0.0487. The predicted octanol–water partition coefficient (Wildman–Crippen LogP) is 2.91. The number of ether oxygens (including phenoxy) is 3. The van der Waals surface area contributed by atoms with Crippen LogP contribution in [0.15, 0.2) is 29.3 Å². The van der Waals surface area contributed by atoms with Crippen LogP contribution in [0.1, 0.15) is 33.1 Å². The summed E-state index contributed by atoms with van der Waals surface area (Å²) in [5.74, 6) is 2.34. The fourth-order valence-electron chi connectivity index (χ4n) is 3.46. The van der Waals surface area contributed by atoms with Gasteiger partial charge in [-0.15, -0.1) is 0 Å². The monoisotopic (exact) mass is 420 g/mol. The van der Waals surface area contributed by atoms with Crippen LogP contribution in [0, 0.1) is 5.92 Å². The molecule has 1 heterocycles. The zero-order chi connectivity index (χ0) is 21.4. The highest BCUT2D eigenvalue weighted by Gasteiger charge is 2.24. The summed E-state index contributed by atoms with van der Waals surface area (Å²) in [5.41, 5.74) is 1.17. The minimum Gasteiger partial charge on any atom is -0.495 e. The van der Waals surface area contributed by atoms with Crippen LogP contribution in [0.25, 0.3) is 0 Å². The largest absolute Gasteiger partial charge is 0.495 e. The Kier molecular flexibility index (Phi) is 12.1. The maximum atomic E-state index is 5.62. The number of para-hydroxylation sites is 2. The van der Waals surface area contributed by atoms with E-state index in [0.29, 0.717) is 25.7 Å². The van der Waals surface area contributed by atoms with E-state index < -0.39 is 0 Å². The van der Waals surface area contributed by atoms with E-state index in [9.17, 15) is 0 Å². The summed E-state index contributed by atoms with van der Waals surface area (Å²) < 4.78 is 16.6. The van der Waals surface area contributed by atoms with Crippen molar-refractivity contribution in [2.45, 2.75) is 33.1 Å². The molecule has 7 nitrogen and oxygen atoms in total. The second-order valence-electron chi connectivity index (χ2n) is 7.50. The van der Waals surface area contributed by atoms with Gasteiger partial charge in [0.15, 0.2) is 5.96 Å². The molecular formula is C23H40N4O3. The smallest absolute Gasteiger partial charge is 0.191 e. The molecule has 2 N–H and O–H groups in total. The van der Waals surface area contributed by atoms with E-state index in [4.69, 9.17) is 19.2 Å². The van der Waals surface area contributed by atoms with Gasteiger partial charge in [0, 0.05) is 39.3 Å². The Bertz CT molecular complexity index is 612. The average Bonchev–Trinajstić information content (AvgIpc) is 3.25. The van der Waals surface area contributed by atoms with E-state index in [1.165, 1.54) is 5.69 Å². The van der Waals surface area contributed by atoms with Crippen LogP contribution in [0.2, 0.25) is 0 Å². The molecule has 0 spiro atoms. The summed E-state index contributed by atoms with van der Waals surface area (Å²) in [6.45, 7) is 11.5. The molecule has 7 heteroatoms. The summed E-state index contributed by atoms with van der Waals surface area (Å²) in [5, 5.41) is 6.67. The number of rotatable bonds is 14. The lowest BCUT2D eigenvalue weighted by Crippen LogP contribution is -2.39. The molecule has 0 aliphatic carbocycles. The number of unbranched alkanes of at least 4 members (excludes halogenated alkanes) is 1. The molecule has 0 amide bonds. The fraction of sp³-hybridized carbons (Fsp3) is 0.696. The maximum Gasteiger partial charge on any atom is 0.191 e. The van der Waals surface area contributed by atoms with Crippen molar-refractivity contribution in [2.24, 2.45) is 10.9 Å². The minimum atomic E-state index is 0.543. The molecule has 0 saturated carbocycles. The average molecular weight is 421 g/mol. The molecule has 1 fully saturated rings. The third kappa shape index (κ3) is 8.79. The number of guanidine groups is 1. The second kappa shape index (κ2) is 14.9. The lowest BCUT2D eigenvalue weighted by atomic mass is 10.1. The summed E-state index contributed by atoms with van der Waals surface area (Å²) >= 11 is 0.